The van der Waals surface area contributed by atoms with Crippen molar-refractivity contribution in [1.29, 1.82) is 0 Å². The fraction of sp³-hybridized carbons (Fsp3) is 0.263. The first-order chi connectivity index (χ1) is 12.6. The van der Waals surface area contributed by atoms with E-state index in [-0.39, 0.29) is 5.91 Å². The molecule has 7 heteroatoms. The molecule has 1 fully saturated rings. The smallest absolute Gasteiger partial charge is 0.255 e. The van der Waals surface area contributed by atoms with Crippen molar-refractivity contribution >= 4 is 23.7 Å². The van der Waals surface area contributed by atoms with Gasteiger partial charge in [0, 0.05) is 37.4 Å². The van der Waals surface area contributed by atoms with Gasteiger partial charge in [0.1, 0.15) is 11.6 Å². The highest BCUT2D eigenvalue weighted by Gasteiger charge is 2.18. The summed E-state index contributed by atoms with van der Waals surface area (Å²) in [5.74, 6) is -0.197. The van der Waals surface area contributed by atoms with E-state index in [4.69, 9.17) is 4.74 Å². The lowest BCUT2D eigenvalue weighted by Crippen LogP contribution is -2.45. The Bertz CT molecular complexity index is 787. The number of ether oxygens (including phenoxy) is 1. The number of rotatable bonds is 5. The molecular formula is C19H20FN3O3. The number of methoxy groups -OCH3 is 1. The van der Waals surface area contributed by atoms with E-state index in [1.807, 2.05) is 12.1 Å². The number of carbonyl (C=O) groups excluding carboxylic acids is 2. The minimum Gasteiger partial charge on any atom is -0.495 e. The summed E-state index contributed by atoms with van der Waals surface area (Å²) >= 11 is 0. The summed E-state index contributed by atoms with van der Waals surface area (Å²) in [6, 6.07) is 10.9. The van der Waals surface area contributed by atoms with Gasteiger partial charge in [0.05, 0.1) is 12.8 Å². The van der Waals surface area contributed by atoms with Crippen molar-refractivity contribution < 1.29 is 18.7 Å². The summed E-state index contributed by atoms with van der Waals surface area (Å²) in [5, 5.41) is 2.82. The molecule has 2 amide bonds. The lowest BCUT2D eigenvalue weighted by molar-refractivity contribution is -0.118. The zero-order valence-corrected chi connectivity index (χ0v) is 14.4. The first-order valence-electron chi connectivity index (χ1n) is 8.30. The number of benzene rings is 2. The van der Waals surface area contributed by atoms with Crippen LogP contribution in [0.15, 0.2) is 42.5 Å². The fourth-order valence-corrected chi connectivity index (χ4v) is 2.87. The SMILES string of the molecule is COc1ccc(N2CCN(C=O)CC2)cc1NC(=O)c1ccc(F)cc1. The molecule has 0 radical (unpaired) electrons. The van der Waals surface area contributed by atoms with Gasteiger partial charge >= 0.3 is 0 Å². The second-order valence-electron chi connectivity index (χ2n) is 5.97. The third-order valence-electron chi connectivity index (χ3n) is 4.37. The Hall–Kier alpha value is -3.09. The average molecular weight is 357 g/mol. The Morgan fingerprint density at radius 3 is 2.42 bits per heavy atom. The van der Waals surface area contributed by atoms with Crippen molar-refractivity contribution in [2.45, 2.75) is 0 Å². The van der Waals surface area contributed by atoms with Crippen LogP contribution < -0.4 is 15.0 Å². The summed E-state index contributed by atoms with van der Waals surface area (Å²) in [4.78, 5) is 27.1. The van der Waals surface area contributed by atoms with Crippen LogP contribution in [-0.4, -0.2) is 50.5 Å². The standard InChI is InChI=1S/C19H20FN3O3/c1-26-18-7-6-16(23-10-8-22(13-24)9-11-23)12-17(18)21-19(25)14-2-4-15(20)5-3-14/h2-7,12-13H,8-11H2,1H3,(H,21,25). The molecule has 0 aromatic heterocycles. The minimum atomic E-state index is -0.393. The molecule has 0 spiro atoms. The molecule has 1 aliphatic rings. The first-order valence-corrected chi connectivity index (χ1v) is 8.30. The van der Waals surface area contributed by atoms with Crippen molar-refractivity contribution in [2.75, 3.05) is 43.5 Å². The van der Waals surface area contributed by atoms with Gasteiger partial charge in [0.15, 0.2) is 0 Å². The summed E-state index contributed by atoms with van der Waals surface area (Å²) < 4.78 is 18.4. The highest BCUT2D eigenvalue weighted by molar-refractivity contribution is 6.05. The zero-order chi connectivity index (χ0) is 18.5. The van der Waals surface area contributed by atoms with Crippen LogP contribution in [0.3, 0.4) is 0 Å². The van der Waals surface area contributed by atoms with E-state index < -0.39 is 5.82 Å². The van der Waals surface area contributed by atoms with E-state index in [9.17, 15) is 14.0 Å². The minimum absolute atomic E-state index is 0.341. The van der Waals surface area contributed by atoms with E-state index in [0.29, 0.717) is 30.1 Å². The topological polar surface area (TPSA) is 61.9 Å². The van der Waals surface area contributed by atoms with Gasteiger partial charge in [-0.3, -0.25) is 9.59 Å². The largest absolute Gasteiger partial charge is 0.495 e. The van der Waals surface area contributed by atoms with E-state index in [1.54, 1.807) is 11.0 Å². The molecule has 3 rings (SSSR count). The fourth-order valence-electron chi connectivity index (χ4n) is 2.87. The molecule has 26 heavy (non-hydrogen) atoms. The summed E-state index contributed by atoms with van der Waals surface area (Å²) in [7, 11) is 1.53. The van der Waals surface area contributed by atoms with Gasteiger partial charge in [0.2, 0.25) is 6.41 Å². The van der Waals surface area contributed by atoms with Crippen LogP contribution in [0.1, 0.15) is 10.4 Å². The zero-order valence-electron chi connectivity index (χ0n) is 14.4. The van der Waals surface area contributed by atoms with Crippen LogP contribution in [0.4, 0.5) is 15.8 Å². The van der Waals surface area contributed by atoms with Crippen molar-refractivity contribution in [3.8, 4) is 5.75 Å². The van der Waals surface area contributed by atoms with Crippen molar-refractivity contribution in [3.63, 3.8) is 0 Å². The number of nitrogens with one attached hydrogen (secondary N) is 1. The van der Waals surface area contributed by atoms with Crippen LogP contribution in [-0.2, 0) is 4.79 Å². The molecule has 2 aromatic carbocycles. The lowest BCUT2D eigenvalue weighted by Gasteiger charge is -2.34. The van der Waals surface area contributed by atoms with Crippen LogP contribution in [0, 0.1) is 5.82 Å². The van der Waals surface area contributed by atoms with Crippen molar-refractivity contribution in [3.05, 3.63) is 53.8 Å². The van der Waals surface area contributed by atoms with E-state index in [0.717, 1.165) is 25.2 Å². The van der Waals surface area contributed by atoms with E-state index in [1.165, 1.54) is 31.4 Å². The molecule has 1 aliphatic heterocycles. The molecule has 1 saturated heterocycles. The molecule has 1 N–H and O–H groups in total. The summed E-state index contributed by atoms with van der Waals surface area (Å²) in [5.41, 5.74) is 1.83. The van der Waals surface area contributed by atoms with Gasteiger partial charge in [-0.25, -0.2) is 4.39 Å². The Morgan fingerprint density at radius 2 is 1.81 bits per heavy atom. The number of hydrogen-bond donors (Lipinski definition) is 1. The van der Waals surface area contributed by atoms with Crippen molar-refractivity contribution in [2.24, 2.45) is 0 Å². The number of carbonyl (C=O) groups is 2. The maximum absolute atomic E-state index is 13.0. The molecule has 0 unspecified atom stereocenters. The monoisotopic (exact) mass is 357 g/mol. The molecule has 136 valence electrons. The van der Waals surface area contributed by atoms with Crippen LogP contribution in [0.5, 0.6) is 5.75 Å². The number of nitrogens with zero attached hydrogens (tertiary/aromatic N) is 2. The number of hydrogen-bond acceptors (Lipinski definition) is 4. The van der Waals surface area contributed by atoms with E-state index in [2.05, 4.69) is 10.2 Å². The summed E-state index contributed by atoms with van der Waals surface area (Å²) in [6.07, 6.45) is 0.861. The highest BCUT2D eigenvalue weighted by Crippen LogP contribution is 2.30. The molecular weight excluding hydrogens is 337 g/mol. The van der Waals surface area contributed by atoms with Gasteiger partial charge in [-0.2, -0.15) is 0 Å². The summed E-state index contributed by atoms with van der Waals surface area (Å²) in [6.45, 7) is 2.76. The number of amides is 2. The van der Waals surface area contributed by atoms with Gasteiger partial charge in [-0.15, -0.1) is 0 Å². The molecule has 6 nitrogen and oxygen atoms in total. The van der Waals surface area contributed by atoms with Crippen molar-refractivity contribution in [1.82, 2.24) is 4.90 Å². The first kappa shape index (κ1) is 17.7. The molecule has 2 aromatic rings. The Morgan fingerprint density at radius 1 is 1.12 bits per heavy atom. The van der Waals surface area contributed by atoms with E-state index >= 15 is 0 Å². The molecule has 0 aliphatic carbocycles. The van der Waals surface area contributed by atoms with Crippen LogP contribution >= 0.6 is 0 Å². The maximum Gasteiger partial charge on any atom is 0.255 e. The average Bonchev–Trinajstić information content (AvgIpc) is 2.68. The highest BCUT2D eigenvalue weighted by atomic mass is 19.1. The quantitative estimate of drug-likeness (QED) is 0.835. The predicted molar refractivity (Wildman–Crippen MR) is 97.2 cm³/mol. The normalized spacial score (nSPS) is 14.1. The van der Waals surface area contributed by atoms with Gasteiger partial charge < -0.3 is 19.9 Å². The third kappa shape index (κ3) is 3.93. The molecule has 0 bridgehead atoms. The van der Waals surface area contributed by atoms with Gasteiger partial charge in [-0.1, -0.05) is 0 Å². The van der Waals surface area contributed by atoms with Gasteiger partial charge in [0.25, 0.3) is 5.91 Å². The second-order valence-corrected chi connectivity index (χ2v) is 5.97. The Labute approximate surface area is 151 Å². The van der Waals surface area contributed by atoms with Crippen LogP contribution in [0.2, 0.25) is 0 Å². The molecule has 1 heterocycles. The lowest BCUT2D eigenvalue weighted by atomic mass is 10.2. The second kappa shape index (κ2) is 7.86. The third-order valence-corrected chi connectivity index (χ3v) is 4.37. The Kier molecular flexibility index (Phi) is 5.36. The van der Waals surface area contributed by atoms with Crippen LogP contribution in [0.25, 0.3) is 0 Å². The Balaban J connectivity index is 1.78. The number of anilines is 2. The molecule has 0 saturated carbocycles. The van der Waals surface area contributed by atoms with Gasteiger partial charge in [-0.05, 0) is 42.5 Å². The predicted octanol–water partition coefficient (Wildman–Crippen LogP) is 2.37. The molecule has 0 atom stereocenters. The number of piperazine rings is 1. The number of halogens is 1. The maximum atomic E-state index is 13.0.